The molecule has 1 aromatic heterocycles. The number of nitrogens with two attached hydrogens (primary N) is 1. The minimum absolute atomic E-state index is 0. The number of ether oxygens (including phenoxy) is 1. The first kappa shape index (κ1) is 19.0. The predicted octanol–water partition coefficient (Wildman–Crippen LogP) is 2.54. The molecule has 5 nitrogen and oxygen atoms in total. The van der Waals surface area contributed by atoms with Crippen molar-refractivity contribution in [2.24, 2.45) is 10.7 Å². The lowest BCUT2D eigenvalue weighted by Gasteiger charge is -2.36. The van der Waals surface area contributed by atoms with Gasteiger partial charge in [0.05, 0.1) is 25.3 Å². The molecule has 2 atom stereocenters. The van der Waals surface area contributed by atoms with Crippen molar-refractivity contribution < 1.29 is 4.74 Å². The molecule has 0 radical (unpaired) electrons. The summed E-state index contributed by atoms with van der Waals surface area (Å²) in [7, 11) is 2.05. The van der Waals surface area contributed by atoms with Gasteiger partial charge in [0.15, 0.2) is 5.96 Å². The molecule has 2 fully saturated rings. The first-order chi connectivity index (χ1) is 10.6. The van der Waals surface area contributed by atoms with Crippen molar-refractivity contribution in [3.05, 3.63) is 22.4 Å². The van der Waals surface area contributed by atoms with Crippen molar-refractivity contribution in [3.63, 3.8) is 0 Å². The monoisotopic (exact) mass is 450 g/mol. The third-order valence-electron chi connectivity index (χ3n) is 4.47. The fourth-order valence-corrected chi connectivity index (χ4v) is 3.79. The van der Waals surface area contributed by atoms with Crippen LogP contribution < -0.4 is 5.73 Å². The quantitative estimate of drug-likeness (QED) is 0.426. The minimum atomic E-state index is 0. The lowest BCUT2D eigenvalue weighted by Crippen LogP contribution is -2.44. The van der Waals surface area contributed by atoms with E-state index in [2.05, 4.69) is 39.2 Å². The van der Waals surface area contributed by atoms with Gasteiger partial charge in [0.25, 0.3) is 0 Å². The van der Waals surface area contributed by atoms with Crippen molar-refractivity contribution in [1.82, 2.24) is 9.80 Å². The molecule has 1 aliphatic heterocycles. The van der Waals surface area contributed by atoms with Crippen LogP contribution >= 0.6 is 35.3 Å². The van der Waals surface area contributed by atoms with Gasteiger partial charge in [-0.1, -0.05) is 6.07 Å². The highest BCUT2D eigenvalue weighted by atomic mass is 127. The molecule has 2 aliphatic rings. The Kier molecular flexibility index (Phi) is 7.12. The van der Waals surface area contributed by atoms with Crippen LogP contribution in [0.25, 0.3) is 0 Å². The Bertz CT molecular complexity index is 506. The number of halogens is 1. The van der Waals surface area contributed by atoms with E-state index in [-0.39, 0.29) is 30.1 Å². The Morgan fingerprint density at radius 2 is 2.35 bits per heavy atom. The highest BCUT2D eigenvalue weighted by Gasteiger charge is 2.29. The molecule has 0 spiro atoms. The molecule has 2 unspecified atom stereocenters. The fourth-order valence-electron chi connectivity index (χ4n) is 2.94. The standard InChI is InChI=1S/C16H26N4OS.HI/c1-12-11-20(7-8-21-12)14(15-4-3-9-22-15)10-18-16(17)19(2)13-5-6-13;/h3-4,9,12-14H,5-8,10-11H2,1-2H3,(H2,17,18);1H. The van der Waals surface area contributed by atoms with Crippen LogP contribution in [-0.2, 0) is 4.74 Å². The zero-order valence-electron chi connectivity index (χ0n) is 13.9. The van der Waals surface area contributed by atoms with Crippen molar-refractivity contribution in [1.29, 1.82) is 0 Å². The Labute approximate surface area is 159 Å². The third-order valence-corrected chi connectivity index (χ3v) is 5.44. The van der Waals surface area contributed by atoms with Gasteiger partial charge in [-0.2, -0.15) is 0 Å². The van der Waals surface area contributed by atoms with Gasteiger partial charge in [-0.25, -0.2) is 0 Å². The van der Waals surface area contributed by atoms with E-state index >= 15 is 0 Å². The second kappa shape index (κ2) is 8.64. The highest BCUT2D eigenvalue weighted by molar-refractivity contribution is 14.0. The average Bonchev–Trinajstić information content (AvgIpc) is 3.23. The molecule has 3 rings (SSSR count). The Morgan fingerprint density at radius 3 is 2.96 bits per heavy atom. The largest absolute Gasteiger partial charge is 0.376 e. The van der Waals surface area contributed by atoms with Gasteiger partial charge >= 0.3 is 0 Å². The van der Waals surface area contributed by atoms with E-state index in [9.17, 15) is 0 Å². The summed E-state index contributed by atoms with van der Waals surface area (Å²) in [5.41, 5.74) is 6.15. The molecule has 1 aliphatic carbocycles. The summed E-state index contributed by atoms with van der Waals surface area (Å²) >= 11 is 1.80. The summed E-state index contributed by atoms with van der Waals surface area (Å²) in [5, 5.41) is 2.13. The molecule has 1 aromatic rings. The van der Waals surface area contributed by atoms with Gasteiger partial charge < -0.3 is 15.4 Å². The average molecular weight is 450 g/mol. The summed E-state index contributed by atoms with van der Waals surface area (Å²) in [6, 6.07) is 5.22. The van der Waals surface area contributed by atoms with Crippen LogP contribution in [0.1, 0.15) is 30.7 Å². The zero-order chi connectivity index (χ0) is 15.5. The molecule has 1 saturated carbocycles. The number of thiophene rings is 1. The maximum atomic E-state index is 6.15. The van der Waals surface area contributed by atoms with E-state index in [1.165, 1.54) is 17.7 Å². The minimum Gasteiger partial charge on any atom is -0.376 e. The summed E-state index contributed by atoms with van der Waals surface area (Å²) in [6.07, 6.45) is 2.76. The lowest BCUT2D eigenvalue weighted by atomic mass is 10.1. The summed E-state index contributed by atoms with van der Waals surface area (Å²) in [6.45, 7) is 5.56. The molecule has 0 aromatic carbocycles. The molecular formula is C16H27IN4OS. The van der Waals surface area contributed by atoms with E-state index in [0.29, 0.717) is 18.0 Å². The Balaban J connectivity index is 0.00000192. The van der Waals surface area contributed by atoms with E-state index in [1.54, 1.807) is 11.3 Å². The maximum absolute atomic E-state index is 6.15. The molecular weight excluding hydrogens is 423 g/mol. The smallest absolute Gasteiger partial charge is 0.191 e. The van der Waals surface area contributed by atoms with Crippen LogP contribution in [0, 0.1) is 0 Å². The van der Waals surface area contributed by atoms with E-state index in [1.807, 2.05) is 7.05 Å². The first-order valence-electron chi connectivity index (χ1n) is 8.07. The lowest BCUT2D eigenvalue weighted by molar-refractivity contribution is -0.0327. The van der Waals surface area contributed by atoms with Gasteiger partial charge in [0, 0.05) is 31.1 Å². The molecule has 2 N–H and O–H groups in total. The van der Waals surface area contributed by atoms with Crippen LogP contribution in [0.3, 0.4) is 0 Å². The van der Waals surface area contributed by atoms with E-state index in [0.717, 1.165) is 26.2 Å². The third kappa shape index (κ3) is 5.04. The van der Waals surface area contributed by atoms with E-state index in [4.69, 9.17) is 10.5 Å². The number of morpholine rings is 1. The van der Waals surface area contributed by atoms with Crippen LogP contribution in [0.2, 0.25) is 0 Å². The number of aliphatic imine (C=N–C) groups is 1. The number of hydrogen-bond acceptors (Lipinski definition) is 4. The second-order valence-electron chi connectivity index (χ2n) is 6.25. The molecule has 130 valence electrons. The van der Waals surface area contributed by atoms with Crippen LogP contribution in [0.5, 0.6) is 0 Å². The number of nitrogens with zero attached hydrogens (tertiary/aromatic N) is 3. The van der Waals surface area contributed by atoms with Gasteiger partial charge in [-0.05, 0) is 31.2 Å². The zero-order valence-corrected chi connectivity index (χ0v) is 17.0. The van der Waals surface area contributed by atoms with Crippen LogP contribution in [0.4, 0.5) is 0 Å². The molecule has 1 saturated heterocycles. The van der Waals surface area contributed by atoms with Crippen molar-refractivity contribution in [3.8, 4) is 0 Å². The van der Waals surface area contributed by atoms with Crippen LogP contribution in [-0.4, -0.2) is 61.2 Å². The predicted molar refractivity (Wildman–Crippen MR) is 107 cm³/mol. The van der Waals surface area contributed by atoms with E-state index < -0.39 is 0 Å². The van der Waals surface area contributed by atoms with Gasteiger partial charge in [0.2, 0.25) is 0 Å². The van der Waals surface area contributed by atoms with Gasteiger partial charge in [0.1, 0.15) is 0 Å². The summed E-state index contributed by atoms with van der Waals surface area (Å²) in [5.74, 6) is 0.672. The van der Waals surface area contributed by atoms with Gasteiger partial charge in [-0.15, -0.1) is 35.3 Å². The fraction of sp³-hybridized carbons (Fsp3) is 0.688. The highest BCUT2D eigenvalue weighted by Crippen LogP contribution is 2.28. The SMILES string of the molecule is CC1CN(C(CN=C(N)N(C)C2CC2)c2cccs2)CCO1.I. The number of hydrogen-bond donors (Lipinski definition) is 1. The molecule has 7 heteroatoms. The molecule has 2 heterocycles. The second-order valence-corrected chi connectivity index (χ2v) is 7.23. The number of guanidine groups is 1. The summed E-state index contributed by atoms with van der Waals surface area (Å²) < 4.78 is 5.67. The molecule has 0 bridgehead atoms. The normalized spacial score (nSPS) is 24.1. The Morgan fingerprint density at radius 1 is 1.57 bits per heavy atom. The number of rotatable bonds is 5. The molecule has 0 amide bonds. The Hall–Kier alpha value is -0.380. The van der Waals surface area contributed by atoms with Crippen molar-refractivity contribution in [2.75, 3.05) is 33.3 Å². The maximum Gasteiger partial charge on any atom is 0.191 e. The summed E-state index contributed by atoms with van der Waals surface area (Å²) in [4.78, 5) is 10.6. The van der Waals surface area contributed by atoms with Crippen molar-refractivity contribution >= 4 is 41.3 Å². The molecule has 23 heavy (non-hydrogen) atoms. The topological polar surface area (TPSA) is 54.1 Å². The van der Waals surface area contributed by atoms with Gasteiger partial charge in [-0.3, -0.25) is 9.89 Å². The van der Waals surface area contributed by atoms with Crippen molar-refractivity contribution in [2.45, 2.75) is 38.0 Å². The van der Waals surface area contributed by atoms with Crippen LogP contribution in [0.15, 0.2) is 22.5 Å². The first-order valence-corrected chi connectivity index (χ1v) is 8.95.